The summed E-state index contributed by atoms with van der Waals surface area (Å²) in [5.41, 5.74) is 3.53. The zero-order valence-electron chi connectivity index (χ0n) is 13.8. The monoisotopic (exact) mass is 312 g/mol. The van der Waals surface area contributed by atoms with E-state index in [0.717, 1.165) is 28.0 Å². The largest absolute Gasteiger partial charge is 0.483 e. The Bertz CT molecular complexity index is 876. The number of ether oxygens (including phenoxy) is 1. The van der Waals surface area contributed by atoms with E-state index in [0.29, 0.717) is 5.75 Å². The molecule has 0 atom stereocenters. The van der Waals surface area contributed by atoms with Crippen molar-refractivity contribution in [1.82, 2.24) is 14.3 Å². The van der Waals surface area contributed by atoms with E-state index in [4.69, 9.17) is 4.74 Å². The van der Waals surface area contributed by atoms with Crippen molar-refractivity contribution in [3.05, 3.63) is 41.9 Å². The number of aromatic nitrogens is 3. The average Bonchev–Trinajstić information content (AvgIpc) is 3.01. The van der Waals surface area contributed by atoms with Crippen molar-refractivity contribution in [2.45, 2.75) is 13.8 Å². The molecule has 1 amide bonds. The van der Waals surface area contributed by atoms with E-state index in [1.807, 2.05) is 63.0 Å². The van der Waals surface area contributed by atoms with Crippen molar-refractivity contribution in [1.29, 1.82) is 0 Å². The number of hydrogen-bond acceptors (Lipinski definition) is 3. The SMILES string of the molecule is Cc1nn(C)c(C)c1NC(=O)COc1cccc2c1ccn2C. The fraction of sp³-hybridized carbons (Fsp3) is 0.294. The molecule has 3 rings (SSSR count). The van der Waals surface area contributed by atoms with E-state index >= 15 is 0 Å². The molecular weight excluding hydrogens is 292 g/mol. The van der Waals surface area contributed by atoms with Gasteiger partial charge in [-0.05, 0) is 32.0 Å². The zero-order valence-corrected chi connectivity index (χ0v) is 13.8. The minimum atomic E-state index is -0.197. The lowest BCUT2D eigenvalue weighted by molar-refractivity contribution is -0.118. The Hall–Kier alpha value is -2.76. The first-order valence-electron chi connectivity index (χ1n) is 7.44. The minimum Gasteiger partial charge on any atom is -0.483 e. The van der Waals surface area contributed by atoms with Crippen molar-refractivity contribution in [3.8, 4) is 5.75 Å². The Kier molecular flexibility index (Phi) is 3.82. The van der Waals surface area contributed by atoms with Gasteiger partial charge in [-0.3, -0.25) is 9.48 Å². The van der Waals surface area contributed by atoms with Crippen molar-refractivity contribution >= 4 is 22.5 Å². The summed E-state index contributed by atoms with van der Waals surface area (Å²) >= 11 is 0. The van der Waals surface area contributed by atoms with Gasteiger partial charge in [0.05, 0.1) is 22.6 Å². The molecule has 0 bridgehead atoms. The highest BCUT2D eigenvalue weighted by molar-refractivity contribution is 5.93. The van der Waals surface area contributed by atoms with Crippen LogP contribution in [0.1, 0.15) is 11.4 Å². The quantitative estimate of drug-likeness (QED) is 0.805. The second-order valence-corrected chi connectivity index (χ2v) is 5.62. The molecule has 0 aliphatic carbocycles. The minimum absolute atomic E-state index is 0.0399. The Morgan fingerprint density at radius 2 is 2.04 bits per heavy atom. The number of fused-ring (bicyclic) bond motifs is 1. The molecule has 0 radical (unpaired) electrons. The molecule has 0 aliphatic heterocycles. The van der Waals surface area contributed by atoms with Crippen molar-refractivity contribution in [2.75, 3.05) is 11.9 Å². The third-order valence-corrected chi connectivity index (χ3v) is 4.02. The number of aryl methyl sites for hydroxylation is 3. The van der Waals surface area contributed by atoms with Gasteiger partial charge in [0.15, 0.2) is 6.61 Å². The summed E-state index contributed by atoms with van der Waals surface area (Å²) in [5, 5.41) is 8.15. The van der Waals surface area contributed by atoms with Gasteiger partial charge in [0.25, 0.3) is 5.91 Å². The predicted octanol–water partition coefficient (Wildman–Crippen LogP) is 2.55. The summed E-state index contributed by atoms with van der Waals surface area (Å²) < 4.78 is 9.47. The first-order chi connectivity index (χ1) is 11.0. The van der Waals surface area contributed by atoms with Crippen LogP contribution in [0.3, 0.4) is 0 Å². The molecule has 6 nitrogen and oxygen atoms in total. The number of benzene rings is 1. The zero-order chi connectivity index (χ0) is 16.6. The third kappa shape index (κ3) is 2.79. The fourth-order valence-corrected chi connectivity index (χ4v) is 2.67. The summed E-state index contributed by atoms with van der Waals surface area (Å²) in [5.74, 6) is 0.509. The van der Waals surface area contributed by atoms with Gasteiger partial charge in [0.2, 0.25) is 0 Å². The molecule has 1 aromatic carbocycles. The molecule has 23 heavy (non-hydrogen) atoms. The van der Waals surface area contributed by atoms with Crippen molar-refractivity contribution in [3.63, 3.8) is 0 Å². The number of rotatable bonds is 4. The number of nitrogens with one attached hydrogen (secondary N) is 1. The highest BCUT2D eigenvalue weighted by atomic mass is 16.5. The lowest BCUT2D eigenvalue weighted by Gasteiger charge is -2.09. The molecule has 3 aromatic rings. The van der Waals surface area contributed by atoms with E-state index in [9.17, 15) is 4.79 Å². The van der Waals surface area contributed by atoms with Gasteiger partial charge in [-0.1, -0.05) is 6.07 Å². The maximum absolute atomic E-state index is 12.2. The van der Waals surface area contributed by atoms with Gasteiger partial charge in [-0.25, -0.2) is 0 Å². The highest BCUT2D eigenvalue weighted by Crippen LogP contribution is 2.26. The van der Waals surface area contributed by atoms with Gasteiger partial charge >= 0.3 is 0 Å². The van der Waals surface area contributed by atoms with E-state index in [2.05, 4.69) is 10.4 Å². The molecule has 0 saturated carbocycles. The second kappa shape index (κ2) is 5.79. The highest BCUT2D eigenvalue weighted by Gasteiger charge is 2.13. The van der Waals surface area contributed by atoms with Crippen LogP contribution in [-0.4, -0.2) is 26.9 Å². The maximum atomic E-state index is 12.2. The third-order valence-electron chi connectivity index (χ3n) is 4.02. The van der Waals surface area contributed by atoms with E-state index in [1.54, 1.807) is 4.68 Å². The molecule has 0 fully saturated rings. The summed E-state index contributed by atoms with van der Waals surface area (Å²) in [6, 6.07) is 7.80. The summed E-state index contributed by atoms with van der Waals surface area (Å²) in [4.78, 5) is 12.2. The Balaban J connectivity index is 1.71. The molecule has 2 heterocycles. The smallest absolute Gasteiger partial charge is 0.262 e. The number of hydrogen-bond donors (Lipinski definition) is 1. The molecule has 0 unspecified atom stereocenters. The van der Waals surface area contributed by atoms with E-state index in [1.165, 1.54) is 0 Å². The standard InChI is InChI=1S/C17H20N4O2/c1-11-17(12(2)21(4)19-11)18-16(22)10-23-15-7-5-6-14-13(15)8-9-20(14)3/h5-9H,10H2,1-4H3,(H,18,22). The van der Waals surface area contributed by atoms with Crippen LogP contribution in [-0.2, 0) is 18.9 Å². The van der Waals surface area contributed by atoms with Gasteiger partial charge in [-0.15, -0.1) is 0 Å². The van der Waals surface area contributed by atoms with Gasteiger partial charge in [0, 0.05) is 25.7 Å². The second-order valence-electron chi connectivity index (χ2n) is 5.62. The first-order valence-corrected chi connectivity index (χ1v) is 7.44. The lowest BCUT2D eigenvalue weighted by Crippen LogP contribution is -2.21. The number of carbonyl (C=O) groups excluding carboxylic acids is 1. The number of nitrogens with zero attached hydrogens (tertiary/aromatic N) is 3. The molecule has 0 aliphatic rings. The molecular formula is C17H20N4O2. The molecule has 6 heteroatoms. The van der Waals surface area contributed by atoms with E-state index < -0.39 is 0 Å². The van der Waals surface area contributed by atoms with Gasteiger partial charge in [0.1, 0.15) is 5.75 Å². The van der Waals surface area contributed by atoms with Crippen LogP contribution in [0.15, 0.2) is 30.5 Å². The Morgan fingerprint density at radius 1 is 1.26 bits per heavy atom. The normalized spacial score (nSPS) is 11.0. The summed E-state index contributed by atoms with van der Waals surface area (Å²) in [6.45, 7) is 3.75. The van der Waals surface area contributed by atoms with Gasteiger partial charge in [-0.2, -0.15) is 5.10 Å². The Morgan fingerprint density at radius 3 is 2.74 bits per heavy atom. The van der Waals surface area contributed by atoms with Crippen LogP contribution in [0.2, 0.25) is 0 Å². The van der Waals surface area contributed by atoms with Crippen molar-refractivity contribution in [2.24, 2.45) is 14.1 Å². The molecule has 0 spiro atoms. The number of amides is 1. The van der Waals surface area contributed by atoms with Gasteiger partial charge < -0.3 is 14.6 Å². The Labute approximate surface area is 134 Å². The molecule has 2 aromatic heterocycles. The maximum Gasteiger partial charge on any atom is 0.262 e. The fourth-order valence-electron chi connectivity index (χ4n) is 2.67. The topological polar surface area (TPSA) is 61.1 Å². The predicted molar refractivity (Wildman–Crippen MR) is 89.7 cm³/mol. The van der Waals surface area contributed by atoms with Crippen LogP contribution in [0.4, 0.5) is 5.69 Å². The summed E-state index contributed by atoms with van der Waals surface area (Å²) in [6.07, 6.45) is 1.97. The van der Waals surface area contributed by atoms with Crippen LogP contribution < -0.4 is 10.1 Å². The van der Waals surface area contributed by atoms with Crippen LogP contribution >= 0.6 is 0 Å². The lowest BCUT2D eigenvalue weighted by atomic mass is 10.2. The van der Waals surface area contributed by atoms with E-state index in [-0.39, 0.29) is 12.5 Å². The van der Waals surface area contributed by atoms with Crippen molar-refractivity contribution < 1.29 is 9.53 Å². The molecule has 120 valence electrons. The molecule has 0 saturated heterocycles. The van der Waals surface area contributed by atoms with Crippen LogP contribution in [0.5, 0.6) is 5.75 Å². The number of carbonyl (C=O) groups is 1. The first kappa shape index (κ1) is 15.1. The summed E-state index contributed by atoms with van der Waals surface area (Å²) in [7, 11) is 3.83. The van der Waals surface area contributed by atoms with Crippen LogP contribution in [0.25, 0.3) is 10.9 Å². The molecule has 1 N–H and O–H groups in total. The average molecular weight is 312 g/mol. The number of anilines is 1. The van der Waals surface area contributed by atoms with Crippen LogP contribution in [0, 0.1) is 13.8 Å².